The molecule has 5 fully saturated rings. The zero-order valence-corrected chi connectivity index (χ0v) is 18.8. The van der Waals surface area contributed by atoms with E-state index in [1.165, 1.54) is 36.8 Å². The molecule has 1 aromatic rings. The Morgan fingerprint density at radius 1 is 1.10 bits per heavy atom. The van der Waals surface area contributed by atoms with Crippen molar-refractivity contribution in [2.24, 2.45) is 46.8 Å². The number of hydrogen-bond donors (Lipinski definition) is 1. The maximum atomic E-state index is 13.2. The average molecular weight is 429 g/mol. The lowest BCUT2D eigenvalue weighted by molar-refractivity contribution is -0.132. The average Bonchev–Trinajstić information content (AvgIpc) is 3.08. The minimum Gasteiger partial charge on any atom is -0.387 e. The van der Waals surface area contributed by atoms with Gasteiger partial charge in [-0.3, -0.25) is 4.79 Å². The van der Waals surface area contributed by atoms with Crippen LogP contribution in [0.1, 0.15) is 65.2 Å². The molecule has 0 aromatic carbocycles. The van der Waals surface area contributed by atoms with Crippen LogP contribution in [0.25, 0.3) is 0 Å². The van der Waals surface area contributed by atoms with Gasteiger partial charge in [-0.2, -0.15) is 4.80 Å². The zero-order valence-electron chi connectivity index (χ0n) is 18.8. The topological polar surface area (TPSA) is 90.1 Å². The molecule has 170 valence electrons. The van der Waals surface area contributed by atoms with Crippen LogP contribution in [-0.4, -0.2) is 49.4 Å². The predicted octanol–water partition coefficient (Wildman–Crippen LogP) is 2.89. The van der Waals surface area contributed by atoms with E-state index in [1.807, 2.05) is 6.92 Å². The van der Waals surface area contributed by atoms with Gasteiger partial charge in [0.1, 0.15) is 6.54 Å². The van der Waals surface area contributed by atoms with Crippen LogP contribution in [0.15, 0.2) is 6.33 Å². The fraction of sp³-hybridized carbons (Fsp3) is 0.917. The molecule has 2 unspecified atom stereocenters. The predicted molar refractivity (Wildman–Crippen MR) is 113 cm³/mol. The van der Waals surface area contributed by atoms with Crippen LogP contribution in [0, 0.1) is 46.8 Å². The molecule has 6 rings (SSSR count). The maximum absolute atomic E-state index is 13.2. The Morgan fingerprint density at radius 2 is 1.87 bits per heavy atom. The second-order valence-electron chi connectivity index (χ2n) is 11.4. The van der Waals surface area contributed by atoms with E-state index < -0.39 is 5.60 Å². The number of ketones is 1. The molecule has 0 saturated heterocycles. The van der Waals surface area contributed by atoms with Crippen molar-refractivity contribution in [3.8, 4) is 0 Å². The first-order valence-electron chi connectivity index (χ1n) is 12.5. The second-order valence-corrected chi connectivity index (χ2v) is 11.4. The first kappa shape index (κ1) is 20.3. The molecule has 7 nitrogen and oxygen atoms in total. The molecule has 7 heteroatoms. The number of nitrogens with zero attached hydrogens (tertiary/aromatic N) is 4. The Kier molecular flexibility index (Phi) is 4.63. The van der Waals surface area contributed by atoms with Crippen LogP contribution >= 0.6 is 0 Å². The van der Waals surface area contributed by atoms with Crippen molar-refractivity contribution < 1.29 is 14.6 Å². The Morgan fingerprint density at radius 3 is 2.65 bits per heavy atom. The van der Waals surface area contributed by atoms with Crippen LogP contribution in [0.4, 0.5) is 0 Å². The lowest BCUT2D eigenvalue weighted by Gasteiger charge is -2.55. The molecule has 1 aromatic heterocycles. The summed E-state index contributed by atoms with van der Waals surface area (Å²) in [5.41, 5.74) is -0.415. The Labute approximate surface area is 184 Å². The van der Waals surface area contributed by atoms with Gasteiger partial charge in [0.15, 0.2) is 12.1 Å². The first-order chi connectivity index (χ1) is 15.0. The molecule has 5 aliphatic rings. The van der Waals surface area contributed by atoms with E-state index in [9.17, 15) is 9.90 Å². The highest BCUT2D eigenvalue weighted by Gasteiger charge is 2.72. The number of ether oxygens (including phenoxy) is 1. The quantitative estimate of drug-likeness (QED) is 0.776. The van der Waals surface area contributed by atoms with Crippen molar-refractivity contribution in [3.63, 3.8) is 0 Å². The number of aromatic nitrogens is 4. The smallest absolute Gasteiger partial charge is 0.162 e. The highest BCUT2D eigenvalue weighted by Crippen LogP contribution is 2.69. The van der Waals surface area contributed by atoms with Gasteiger partial charge in [-0.25, -0.2) is 0 Å². The summed E-state index contributed by atoms with van der Waals surface area (Å²) in [5.74, 6) is 4.35. The highest BCUT2D eigenvalue weighted by atomic mass is 16.5. The number of carbonyl (C=O) groups excluding carboxylic acids is 1. The van der Waals surface area contributed by atoms with Gasteiger partial charge in [0, 0.05) is 18.4 Å². The van der Waals surface area contributed by atoms with Crippen LogP contribution in [0.5, 0.6) is 0 Å². The molecular weight excluding hydrogens is 392 g/mol. The van der Waals surface area contributed by atoms with Crippen LogP contribution in [0.3, 0.4) is 0 Å². The van der Waals surface area contributed by atoms with E-state index in [2.05, 4.69) is 22.3 Å². The number of Topliss-reactive ketones (excluding diaryl/α,β-unsaturated/α-hetero) is 1. The fourth-order valence-electron chi connectivity index (χ4n) is 9.24. The standard InChI is InChI=1S/C24H36N4O3/c1-3-31-22-21-17-5-4-16-14(15(17)9-11-24(21,22)30)8-10-23(2)18(16)6-7-19(23)20(29)12-28-26-13-25-27-28/h13-19,21-22,30H,3-12H2,1-2H3/t14-,15-,16-,17-,18+,19-,21?,22?,23+,24-/m1/s1. The lowest BCUT2D eigenvalue weighted by atomic mass is 9.49. The molecular formula is C24H36N4O3. The number of hydrogen-bond acceptors (Lipinski definition) is 6. The molecule has 10 atom stereocenters. The molecule has 0 amide bonds. The fourth-order valence-corrected chi connectivity index (χ4v) is 9.24. The monoisotopic (exact) mass is 428 g/mol. The van der Waals surface area contributed by atoms with Gasteiger partial charge < -0.3 is 9.84 Å². The van der Waals surface area contributed by atoms with Crippen molar-refractivity contribution in [1.29, 1.82) is 0 Å². The van der Waals surface area contributed by atoms with Gasteiger partial charge in [-0.05, 0) is 98.5 Å². The molecule has 31 heavy (non-hydrogen) atoms. The second kappa shape index (κ2) is 7.08. The molecule has 5 aliphatic carbocycles. The van der Waals surface area contributed by atoms with Crippen molar-refractivity contribution in [2.45, 2.75) is 83.5 Å². The van der Waals surface area contributed by atoms with Crippen LogP contribution in [-0.2, 0) is 16.1 Å². The van der Waals surface area contributed by atoms with Crippen molar-refractivity contribution in [2.75, 3.05) is 6.61 Å². The first-order valence-corrected chi connectivity index (χ1v) is 12.5. The lowest BCUT2D eigenvalue weighted by Crippen LogP contribution is -2.50. The summed E-state index contributed by atoms with van der Waals surface area (Å²) in [4.78, 5) is 14.6. The minimum absolute atomic E-state index is 0.0804. The molecule has 1 heterocycles. The van der Waals surface area contributed by atoms with Gasteiger partial charge >= 0.3 is 0 Å². The zero-order chi connectivity index (χ0) is 21.4. The highest BCUT2D eigenvalue weighted by molar-refractivity contribution is 5.81. The van der Waals surface area contributed by atoms with Crippen molar-refractivity contribution >= 4 is 5.78 Å². The molecule has 0 spiro atoms. The van der Waals surface area contributed by atoms with E-state index in [0.29, 0.717) is 24.4 Å². The Hall–Kier alpha value is -1.34. The summed E-state index contributed by atoms with van der Waals surface area (Å²) in [5, 5.41) is 22.8. The minimum atomic E-state index is -0.534. The number of fused-ring (bicyclic) bond motifs is 7. The van der Waals surface area contributed by atoms with Crippen LogP contribution < -0.4 is 0 Å². The van der Waals surface area contributed by atoms with E-state index in [0.717, 1.165) is 43.4 Å². The number of rotatable bonds is 5. The molecule has 0 aliphatic heterocycles. The third-order valence-corrected chi connectivity index (χ3v) is 10.5. The number of tetrazole rings is 1. The summed E-state index contributed by atoms with van der Waals surface area (Å²) in [7, 11) is 0. The Bertz CT molecular complexity index is 846. The van der Waals surface area contributed by atoms with Gasteiger partial charge in [-0.1, -0.05) is 6.92 Å². The summed E-state index contributed by atoms with van der Waals surface area (Å²) < 4.78 is 5.95. The Balaban J connectivity index is 1.18. The maximum Gasteiger partial charge on any atom is 0.162 e. The summed E-state index contributed by atoms with van der Waals surface area (Å²) >= 11 is 0. The molecule has 1 N–H and O–H groups in total. The largest absolute Gasteiger partial charge is 0.387 e. The number of aliphatic hydroxyl groups is 1. The summed E-state index contributed by atoms with van der Waals surface area (Å²) in [6.45, 7) is 5.40. The molecule has 0 bridgehead atoms. The van der Waals surface area contributed by atoms with Gasteiger partial charge in [-0.15, -0.1) is 10.2 Å². The van der Waals surface area contributed by atoms with Gasteiger partial charge in [0.2, 0.25) is 0 Å². The normalized spacial score (nSPS) is 50.2. The molecule has 5 saturated carbocycles. The van der Waals surface area contributed by atoms with E-state index in [4.69, 9.17) is 4.74 Å². The van der Waals surface area contributed by atoms with Crippen molar-refractivity contribution in [3.05, 3.63) is 6.33 Å². The number of carbonyl (C=O) groups is 1. The molecule has 0 radical (unpaired) electrons. The van der Waals surface area contributed by atoms with E-state index in [-0.39, 0.29) is 29.8 Å². The summed E-state index contributed by atoms with van der Waals surface area (Å²) in [6, 6.07) is 0. The van der Waals surface area contributed by atoms with Crippen molar-refractivity contribution in [1.82, 2.24) is 20.2 Å². The van der Waals surface area contributed by atoms with Gasteiger partial charge in [0.05, 0.1) is 11.7 Å². The summed E-state index contributed by atoms with van der Waals surface area (Å²) in [6.07, 6.45) is 10.7. The van der Waals surface area contributed by atoms with E-state index >= 15 is 0 Å². The van der Waals surface area contributed by atoms with Gasteiger partial charge in [0.25, 0.3) is 0 Å². The third kappa shape index (κ3) is 2.84. The third-order valence-electron chi connectivity index (χ3n) is 10.5. The van der Waals surface area contributed by atoms with E-state index in [1.54, 1.807) is 0 Å². The SMILES string of the molecule is CCOC1C2[C@@H]3CC[C@@H]4[C@H](CC[C@]5(C)[C@@H](C(=O)Cn6ncnn6)CC[C@@H]45)[C@H]3CC[C@]12O. The van der Waals surface area contributed by atoms with Crippen LogP contribution in [0.2, 0.25) is 0 Å².